The molecule has 3 N–H and O–H groups in total. The Bertz CT molecular complexity index is 348. The average Bonchev–Trinajstić information content (AvgIpc) is 2.83. The van der Waals surface area contributed by atoms with Gasteiger partial charge in [-0.25, -0.2) is 4.79 Å². The molecule has 0 radical (unpaired) electrons. The minimum atomic E-state index is -0.754. The lowest BCUT2D eigenvalue weighted by atomic mass is 9.79. The summed E-state index contributed by atoms with van der Waals surface area (Å²) in [6, 6.07) is -0.189. The van der Waals surface area contributed by atoms with Gasteiger partial charge in [-0.05, 0) is 25.2 Å². The molecule has 0 spiro atoms. The van der Waals surface area contributed by atoms with E-state index in [2.05, 4.69) is 5.32 Å². The Morgan fingerprint density at radius 3 is 2.58 bits per heavy atom. The standard InChI is InChI=1S/C13H22N2O4/c16-10-5-6-15(8-10)13(19)14-7-9-3-1-2-4-11(9)12(17)18/h9-11,16H,1-8H2,(H,14,19)(H,17,18). The van der Waals surface area contributed by atoms with Crippen molar-refractivity contribution >= 4 is 12.0 Å². The summed E-state index contributed by atoms with van der Waals surface area (Å²) >= 11 is 0. The molecular weight excluding hydrogens is 248 g/mol. The van der Waals surface area contributed by atoms with Gasteiger partial charge in [0.2, 0.25) is 0 Å². The highest BCUT2D eigenvalue weighted by molar-refractivity contribution is 5.75. The molecule has 0 bridgehead atoms. The number of aliphatic hydroxyl groups is 1. The lowest BCUT2D eigenvalue weighted by Gasteiger charge is -2.29. The van der Waals surface area contributed by atoms with Crippen molar-refractivity contribution in [3.8, 4) is 0 Å². The van der Waals surface area contributed by atoms with E-state index in [0.29, 0.717) is 32.5 Å². The Morgan fingerprint density at radius 2 is 1.95 bits per heavy atom. The Morgan fingerprint density at radius 1 is 1.21 bits per heavy atom. The number of likely N-dealkylation sites (tertiary alicyclic amines) is 1. The number of β-amino-alcohol motifs (C(OH)–C–C–N with tert-alkyl or cyclic N) is 1. The molecule has 1 aliphatic carbocycles. The van der Waals surface area contributed by atoms with Gasteiger partial charge < -0.3 is 20.4 Å². The van der Waals surface area contributed by atoms with Crippen LogP contribution in [0.15, 0.2) is 0 Å². The maximum atomic E-state index is 11.9. The monoisotopic (exact) mass is 270 g/mol. The van der Waals surface area contributed by atoms with Crippen LogP contribution < -0.4 is 5.32 Å². The number of carbonyl (C=O) groups excluding carboxylic acids is 1. The van der Waals surface area contributed by atoms with Crippen LogP contribution in [0.5, 0.6) is 0 Å². The van der Waals surface area contributed by atoms with Gasteiger partial charge in [0.05, 0.1) is 12.0 Å². The van der Waals surface area contributed by atoms with Crippen molar-refractivity contribution in [2.24, 2.45) is 11.8 Å². The van der Waals surface area contributed by atoms with Gasteiger partial charge in [0.15, 0.2) is 0 Å². The number of hydrogen-bond acceptors (Lipinski definition) is 3. The summed E-state index contributed by atoms with van der Waals surface area (Å²) in [4.78, 5) is 24.6. The van der Waals surface area contributed by atoms with Gasteiger partial charge in [-0.3, -0.25) is 4.79 Å². The van der Waals surface area contributed by atoms with Gasteiger partial charge in [0.25, 0.3) is 0 Å². The van der Waals surface area contributed by atoms with Crippen LogP contribution in [-0.2, 0) is 4.79 Å². The van der Waals surface area contributed by atoms with Gasteiger partial charge in [-0.2, -0.15) is 0 Å². The lowest BCUT2D eigenvalue weighted by molar-refractivity contribution is -0.144. The van der Waals surface area contributed by atoms with Crippen LogP contribution in [0.1, 0.15) is 32.1 Å². The first kappa shape index (κ1) is 14.1. The predicted molar refractivity (Wildman–Crippen MR) is 68.7 cm³/mol. The quantitative estimate of drug-likeness (QED) is 0.702. The van der Waals surface area contributed by atoms with Crippen molar-refractivity contribution in [3.63, 3.8) is 0 Å². The number of hydrogen-bond donors (Lipinski definition) is 3. The summed E-state index contributed by atoms with van der Waals surface area (Å²) < 4.78 is 0. The highest BCUT2D eigenvalue weighted by Crippen LogP contribution is 2.29. The number of nitrogens with zero attached hydrogens (tertiary/aromatic N) is 1. The zero-order valence-corrected chi connectivity index (χ0v) is 11.0. The van der Waals surface area contributed by atoms with E-state index >= 15 is 0 Å². The second-order valence-corrected chi connectivity index (χ2v) is 5.56. The molecule has 0 aromatic carbocycles. The molecule has 2 fully saturated rings. The molecule has 0 aromatic rings. The van der Waals surface area contributed by atoms with Gasteiger partial charge in [0.1, 0.15) is 0 Å². The third kappa shape index (κ3) is 3.59. The third-order valence-corrected chi connectivity index (χ3v) is 4.19. The molecule has 2 rings (SSSR count). The Kier molecular flexibility index (Phi) is 4.63. The molecule has 1 aliphatic heterocycles. The fourth-order valence-corrected chi connectivity index (χ4v) is 3.03. The van der Waals surface area contributed by atoms with Crippen LogP contribution in [0.2, 0.25) is 0 Å². The molecule has 6 nitrogen and oxygen atoms in total. The van der Waals surface area contributed by atoms with Crippen molar-refractivity contribution in [2.45, 2.75) is 38.2 Å². The molecule has 19 heavy (non-hydrogen) atoms. The molecule has 1 saturated heterocycles. The zero-order valence-electron chi connectivity index (χ0n) is 11.0. The number of rotatable bonds is 3. The van der Waals surface area contributed by atoms with Gasteiger partial charge in [0, 0.05) is 19.6 Å². The number of carboxylic acids is 1. The molecule has 108 valence electrons. The SMILES string of the molecule is O=C(O)C1CCCCC1CNC(=O)N1CCC(O)C1. The van der Waals surface area contributed by atoms with E-state index in [1.807, 2.05) is 0 Å². The molecule has 2 amide bonds. The third-order valence-electron chi connectivity index (χ3n) is 4.19. The number of aliphatic carboxylic acids is 1. The molecular formula is C13H22N2O4. The van der Waals surface area contributed by atoms with Crippen LogP contribution in [0.4, 0.5) is 4.79 Å². The van der Waals surface area contributed by atoms with E-state index in [0.717, 1.165) is 19.3 Å². The summed E-state index contributed by atoms with van der Waals surface area (Å²) in [6.45, 7) is 1.36. The van der Waals surface area contributed by atoms with Crippen LogP contribution in [0.3, 0.4) is 0 Å². The predicted octanol–water partition coefficient (Wildman–Crippen LogP) is 0.654. The topological polar surface area (TPSA) is 89.9 Å². The van der Waals surface area contributed by atoms with E-state index in [-0.39, 0.29) is 17.9 Å². The summed E-state index contributed by atoms with van der Waals surface area (Å²) in [5.74, 6) is -1.06. The number of nitrogens with one attached hydrogen (secondary N) is 1. The van der Waals surface area contributed by atoms with E-state index in [9.17, 15) is 14.7 Å². The smallest absolute Gasteiger partial charge is 0.317 e. The van der Waals surface area contributed by atoms with Crippen LogP contribution in [-0.4, -0.2) is 52.9 Å². The largest absolute Gasteiger partial charge is 0.481 e. The van der Waals surface area contributed by atoms with Gasteiger partial charge >= 0.3 is 12.0 Å². The first-order chi connectivity index (χ1) is 9.08. The lowest BCUT2D eigenvalue weighted by Crippen LogP contribution is -2.43. The fourth-order valence-electron chi connectivity index (χ4n) is 3.03. The van der Waals surface area contributed by atoms with Crippen molar-refractivity contribution in [1.29, 1.82) is 0 Å². The van der Waals surface area contributed by atoms with Crippen LogP contribution in [0.25, 0.3) is 0 Å². The molecule has 0 aromatic heterocycles. The number of urea groups is 1. The van der Waals surface area contributed by atoms with E-state index in [1.165, 1.54) is 0 Å². The van der Waals surface area contributed by atoms with E-state index in [1.54, 1.807) is 4.90 Å². The highest BCUT2D eigenvalue weighted by atomic mass is 16.4. The maximum absolute atomic E-state index is 11.9. The van der Waals surface area contributed by atoms with Crippen LogP contribution >= 0.6 is 0 Å². The zero-order chi connectivity index (χ0) is 13.8. The first-order valence-electron chi connectivity index (χ1n) is 7.01. The van der Waals surface area contributed by atoms with E-state index in [4.69, 9.17) is 5.11 Å². The Balaban J connectivity index is 1.80. The molecule has 2 aliphatic rings. The van der Waals surface area contributed by atoms with Crippen molar-refractivity contribution in [2.75, 3.05) is 19.6 Å². The molecule has 1 saturated carbocycles. The number of carboxylic acid groups (broad SMARTS) is 1. The molecule has 1 heterocycles. The van der Waals surface area contributed by atoms with Crippen LogP contribution in [0, 0.1) is 11.8 Å². The van der Waals surface area contributed by atoms with E-state index < -0.39 is 12.1 Å². The summed E-state index contributed by atoms with van der Waals surface area (Å²) in [6.07, 6.45) is 3.76. The van der Waals surface area contributed by atoms with Crippen molar-refractivity contribution < 1.29 is 19.8 Å². The average molecular weight is 270 g/mol. The number of aliphatic hydroxyl groups excluding tert-OH is 1. The molecule has 6 heteroatoms. The van der Waals surface area contributed by atoms with Gasteiger partial charge in [-0.1, -0.05) is 12.8 Å². The fraction of sp³-hybridized carbons (Fsp3) is 0.846. The minimum absolute atomic E-state index is 0.0303. The number of amides is 2. The summed E-state index contributed by atoms with van der Waals surface area (Å²) in [5.41, 5.74) is 0. The summed E-state index contributed by atoms with van der Waals surface area (Å²) in [5, 5.41) is 21.4. The van der Waals surface area contributed by atoms with Crippen molar-refractivity contribution in [3.05, 3.63) is 0 Å². The number of carbonyl (C=O) groups is 2. The van der Waals surface area contributed by atoms with Gasteiger partial charge in [-0.15, -0.1) is 0 Å². The summed E-state index contributed by atoms with van der Waals surface area (Å²) in [7, 11) is 0. The minimum Gasteiger partial charge on any atom is -0.481 e. The van der Waals surface area contributed by atoms with Crippen molar-refractivity contribution in [1.82, 2.24) is 10.2 Å². The Labute approximate surface area is 112 Å². The first-order valence-corrected chi connectivity index (χ1v) is 7.01. The second-order valence-electron chi connectivity index (χ2n) is 5.56. The normalized spacial score (nSPS) is 31.2. The maximum Gasteiger partial charge on any atom is 0.317 e. The second kappa shape index (κ2) is 6.23. The highest BCUT2D eigenvalue weighted by Gasteiger charge is 2.31. The molecule has 3 atom stereocenters. The molecule has 3 unspecified atom stereocenters. The Hall–Kier alpha value is -1.30.